The number of nitrogens with two attached hydrogens (primary N) is 2. The van der Waals surface area contributed by atoms with Crippen molar-refractivity contribution in [2.45, 2.75) is 13.5 Å². The van der Waals surface area contributed by atoms with Gasteiger partial charge in [0.1, 0.15) is 5.65 Å². The van der Waals surface area contributed by atoms with Crippen molar-refractivity contribution in [3.8, 4) is 0 Å². The fourth-order valence-electron chi connectivity index (χ4n) is 2.94. The predicted molar refractivity (Wildman–Crippen MR) is 111 cm³/mol. The van der Waals surface area contributed by atoms with E-state index in [0.717, 1.165) is 37.8 Å². The highest BCUT2D eigenvalue weighted by molar-refractivity contribution is 6.31. The number of aromatic nitrogens is 2. The first kappa shape index (κ1) is 18.5. The number of aryl methyl sites for hydroxylation is 1. The predicted octanol–water partition coefficient (Wildman–Crippen LogP) is 2.69. The van der Waals surface area contributed by atoms with Gasteiger partial charge in [0.25, 0.3) is 0 Å². The molecule has 26 heavy (non-hydrogen) atoms. The maximum Gasteiger partial charge on any atom is 0.141 e. The number of hydrogen-bond acceptors (Lipinski definition) is 3. The third kappa shape index (κ3) is 3.63. The molecule has 0 spiro atoms. The van der Waals surface area contributed by atoms with E-state index in [4.69, 9.17) is 34.7 Å². The van der Waals surface area contributed by atoms with Gasteiger partial charge in [0.05, 0.1) is 10.4 Å². The molecule has 2 heterocycles. The van der Waals surface area contributed by atoms with Crippen LogP contribution in [0.1, 0.15) is 11.1 Å². The zero-order chi connectivity index (χ0) is 18.7. The molecule has 0 aliphatic heterocycles. The molecule has 0 radical (unpaired) electrons. The van der Waals surface area contributed by atoms with E-state index >= 15 is 0 Å². The van der Waals surface area contributed by atoms with Gasteiger partial charge in [-0.3, -0.25) is 0 Å². The average molecular weight is 387 g/mol. The highest BCUT2D eigenvalue weighted by Crippen LogP contribution is 2.18. The first-order chi connectivity index (χ1) is 12.5. The quantitative estimate of drug-likeness (QED) is 0.723. The van der Waals surface area contributed by atoms with Crippen molar-refractivity contribution < 1.29 is 0 Å². The van der Waals surface area contributed by atoms with Gasteiger partial charge >= 0.3 is 0 Å². The number of fused-ring (bicyclic) bond motifs is 1. The zero-order valence-corrected chi connectivity index (χ0v) is 15.9. The van der Waals surface area contributed by atoms with Crippen LogP contribution in [0.2, 0.25) is 10.0 Å². The molecule has 3 rings (SSSR count). The number of halogens is 2. The van der Waals surface area contributed by atoms with Crippen LogP contribution in [0.5, 0.6) is 0 Å². The van der Waals surface area contributed by atoms with Crippen molar-refractivity contribution in [2.75, 3.05) is 6.54 Å². The number of nitrogens with zero attached hydrogens (tertiary/aromatic N) is 2. The van der Waals surface area contributed by atoms with Crippen LogP contribution >= 0.6 is 23.2 Å². The minimum Gasteiger partial charge on any atom is -0.405 e. The summed E-state index contributed by atoms with van der Waals surface area (Å²) in [5.74, 6) is 0. The van der Waals surface area contributed by atoms with Crippen LogP contribution in [0, 0.1) is 6.92 Å². The minimum atomic E-state index is 0.497. The van der Waals surface area contributed by atoms with E-state index in [9.17, 15) is 0 Å². The van der Waals surface area contributed by atoms with E-state index in [-0.39, 0.29) is 0 Å². The molecule has 2 aromatic heterocycles. The van der Waals surface area contributed by atoms with Gasteiger partial charge in [-0.25, -0.2) is 4.98 Å². The summed E-state index contributed by atoms with van der Waals surface area (Å²) in [6, 6.07) is 7.90. The molecule has 0 saturated carbocycles. The number of pyridine rings is 1. The van der Waals surface area contributed by atoms with Crippen LogP contribution in [-0.2, 0) is 6.54 Å². The Morgan fingerprint density at radius 1 is 1.23 bits per heavy atom. The summed E-state index contributed by atoms with van der Waals surface area (Å²) >= 11 is 12.5. The number of hydrogen-bond donors (Lipinski definition) is 2. The lowest BCUT2D eigenvalue weighted by Crippen LogP contribution is -2.31. The van der Waals surface area contributed by atoms with Crippen molar-refractivity contribution in [1.29, 1.82) is 0 Å². The molecule has 0 atom stereocenters. The van der Waals surface area contributed by atoms with Gasteiger partial charge in [-0.2, -0.15) is 0 Å². The minimum absolute atomic E-state index is 0.497. The van der Waals surface area contributed by atoms with Crippen LogP contribution < -0.4 is 22.0 Å². The Labute approximate surface area is 162 Å². The molecular formula is C20H20Cl2N4. The van der Waals surface area contributed by atoms with Crippen LogP contribution in [0.4, 0.5) is 0 Å². The molecule has 6 heteroatoms. The van der Waals surface area contributed by atoms with Crippen molar-refractivity contribution in [3.63, 3.8) is 0 Å². The smallest absolute Gasteiger partial charge is 0.141 e. The van der Waals surface area contributed by atoms with Crippen molar-refractivity contribution >= 4 is 46.4 Å². The van der Waals surface area contributed by atoms with Gasteiger partial charge in [0.2, 0.25) is 0 Å². The standard InChI is InChI=1S/C20H20Cl2N4/c1-13-4-5-14(10-18(13)22)9-16-17-11-15(21)12-25-20(17)26(8-7-24)19(16)3-2-6-23/h2-6,9-12H,7-8,23-24H2,1H3/b6-2+,16-9-,19-3+. The third-order valence-electron chi connectivity index (χ3n) is 4.17. The zero-order valence-electron chi connectivity index (χ0n) is 14.4. The molecule has 0 amide bonds. The van der Waals surface area contributed by atoms with Gasteiger partial charge in [0, 0.05) is 34.9 Å². The topological polar surface area (TPSA) is 69.9 Å². The Morgan fingerprint density at radius 2 is 2.04 bits per heavy atom. The Morgan fingerprint density at radius 3 is 2.73 bits per heavy atom. The van der Waals surface area contributed by atoms with Gasteiger partial charge in [-0.1, -0.05) is 35.3 Å². The molecule has 0 unspecified atom stereocenters. The highest BCUT2D eigenvalue weighted by atomic mass is 35.5. The summed E-state index contributed by atoms with van der Waals surface area (Å²) in [5, 5.41) is 4.24. The first-order valence-electron chi connectivity index (χ1n) is 8.25. The number of allylic oxidation sites excluding steroid dienone is 1. The molecule has 1 aromatic carbocycles. The van der Waals surface area contributed by atoms with E-state index < -0.39 is 0 Å². The third-order valence-corrected chi connectivity index (χ3v) is 4.78. The Kier molecular flexibility index (Phi) is 5.67. The largest absolute Gasteiger partial charge is 0.405 e. The lowest BCUT2D eigenvalue weighted by Gasteiger charge is -2.02. The average Bonchev–Trinajstić information content (AvgIpc) is 2.89. The second kappa shape index (κ2) is 7.96. The van der Waals surface area contributed by atoms with Crippen molar-refractivity contribution in [2.24, 2.45) is 11.5 Å². The normalized spacial score (nSPS) is 13.4. The molecule has 4 nitrogen and oxygen atoms in total. The number of benzene rings is 1. The van der Waals surface area contributed by atoms with Crippen LogP contribution in [0.25, 0.3) is 23.2 Å². The van der Waals surface area contributed by atoms with Gasteiger partial charge in [-0.15, -0.1) is 0 Å². The SMILES string of the molecule is Cc1ccc(\C=c2/c(=C\C=C\N)n(CCN)c3ncc(Cl)cc23)cc1Cl. The van der Waals surface area contributed by atoms with E-state index in [1.54, 1.807) is 12.3 Å². The summed E-state index contributed by atoms with van der Waals surface area (Å²) in [6.45, 7) is 3.11. The van der Waals surface area contributed by atoms with Crippen LogP contribution in [0.3, 0.4) is 0 Å². The maximum atomic E-state index is 6.29. The molecule has 0 aliphatic carbocycles. The summed E-state index contributed by atoms with van der Waals surface area (Å²) in [5.41, 5.74) is 14.2. The summed E-state index contributed by atoms with van der Waals surface area (Å²) in [6.07, 6.45) is 8.97. The number of rotatable bonds is 4. The van der Waals surface area contributed by atoms with E-state index in [1.807, 2.05) is 37.3 Å². The van der Waals surface area contributed by atoms with Crippen molar-refractivity contribution in [1.82, 2.24) is 9.55 Å². The molecule has 0 fully saturated rings. The van der Waals surface area contributed by atoms with Crippen molar-refractivity contribution in [3.05, 3.63) is 74.5 Å². The molecule has 4 N–H and O–H groups in total. The fraction of sp³-hybridized carbons (Fsp3) is 0.150. The Balaban J connectivity index is 2.43. The van der Waals surface area contributed by atoms with E-state index in [2.05, 4.69) is 15.6 Å². The van der Waals surface area contributed by atoms with Gasteiger partial charge in [-0.05, 0) is 54.6 Å². The maximum absolute atomic E-state index is 6.29. The summed E-state index contributed by atoms with van der Waals surface area (Å²) in [4.78, 5) is 4.52. The molecule has 0 saturated heterocycles. The van der Waals surface area contributed by atoms with Crippen LogP contribution in [-0.4, -0.2) is 16.1 Å². The second-order valence-corrected chi connectivity index (χ2v) is 6.81. The molecular weight excluding hydrogens is 367 g/mol. The summed E-state index contributed by atoms with van der Waals surface area (Å²) < 4.78 is 2.08. The van der Waals surface area contributed by atoms with Gasteiger partial charge in [0.15, 0.2) is 0 Å². The van der Waals surface area contributed by atoms with E-state index in [1.165, 1.54) is 6.20 Å². The lowest BCUT2D eigenvalue weighted by atomic mass is 10.1. The Hall–Kier alpha value is -2.27. The Bertz CT molecular complexity index is 1100. The molecule has 3 aromatic rings. The first-order valence-corrected chi connectivity index (χ1v) is 9.01. The van der Waals surface area contributed by atoms with E-state index in [0.29, 0.717) is 18.1 Å². The fourth-order valence-corrected chi connectivity index (χ4v) is 3.29. The van der Waals surface area contributed by atoms with Crippen LogP contribution in [0.15, 0.2) is 42.7 Å². The highest BCUT2D eigenvalue weighted by Gasteiger charge is 2.09. The van der Waals surface area contributed by atoms with Gasteiger partial charge < -0.3 is 16.0 Å². The monoisotopic (exact) mass is 386 g/mol. The second-order valence-electron chi connectivity index (χ2n) is 5.97. The molecule has 0 bridgehead atoms. The molecule has 134 valence electrons. The molecule has 0 aliphatic rings. The lowest BCUT2D eigenvalue weighted by molar-refractivity contribution is 0.709. The summed E-state index contributed by atoms with van der Waals surface area (Å²) in [7, 11) is 0.